The number of rotatable bonds is 3. The predicted octanol–water partition coefficient (Wildman–Crippen LogP) is 3.30. The Morgan fingerprint density at radius 1 is 1.35 bits per heavy atom. The van der Waals surface area contributed by atoms with E-state index in [0.29, 0.717) is 0 Å². The van der Waals surface area contributed by atoms with E-state index in [9.17, 15) is 4.79 Å². The molecular formula is C16H20BrClN4O. The number of nitrogens with zero attached hydrogens (tertiary/aromatic N) is 2. The second kappa shape index (κ2) is 7.95. The summed E-state index contributed by atoms with van der Waals surface area (Å²) in [4.78, 5) is 12.4. The molecule has 0 unspecified atom stereocenters. The molecular weight excluding hydrogens is 380 g/mol. The van der Waals surface area contributed by atoms with Crippen LogP contribution in [0, 0.1) is 12.8 Å². The molecule has 1 aromatic carbocycles. The number of amides is 1. The molecule has 3 rings (SSSR count). The fourth-order valence-electron chi connectivity index (χ4n) is 2.71. The number of anilines is 1. The number of aryl methyl sites for hydroxylation is 1. The minimum atomic E-state index is 0. The number of halogens is 2. The predicted molar refractivity (Wildman–Crippen MR) is 97.5 cm³/mol. The van der Waals surface area contributed by atoms with Gasteiger partial charge in [-0.05, 0) is 51.1 Å². The monoisotopic (exact) mass is 398 g/mol. The summed E-state index contributed by atoms with van der Waals surface area (Å²) >= 11 is 3.47. The van der Waals surface area contributed by atoms with E-state index in [2.05, 4.69) is 31.7 Å². The third-order valence-electron chi connectivity index (χ3n) is 3.85. The summed E-state index contributed by atoms with van der Waals surface area (Å²) in [5.74, 6) is 0.879. The van der Waals surface area contributed by atoms with Crippen molar-refractivity contribution in [3.63, 3.8) is 0 Å². The summed E-state index contributed by atoms with van der Waals surface area (Å²) < 4.78 is 2.76. The highest BCUT2D eigenvalue weighted by atomic mass is 79.9. The molecule has 0 spiro atoms. The maximum absolute atomic E-state index is 12.4. The van der Waals surface area contributed by atoms with Gasteiger partial charge in [0.15, 0.2) is 0 Å². The first-order valence-electron chi connectivity index (χ1n) is 7.47. The van der Waals surface area contributed by atoms with Crippen LogP contribution in [0.4, 0.5) is 5.82 Å². The molecule has 0 atom stereocenters. The smallest absolute Gasteiger partial charge is 0.228 e. The van der Waals surface area contributed by atoms with E-state index in [0.717, 1.165) is 47.6 Å². The van der Waals surface area contributed by atoms with E-state index in [-0.39, 0.29) is 24.2 Å². The summed E-state index contributed by atoms with van der Waals surface area (Å²) in [6.45, 7) is 3.73. The number of aromatic nitrogens is 2. The van der Waals surface area contributed by atoms with Gasteiger partial charge in [-0.15, -0.1) is 12.4 Å². The molecule has 1 amide bonds. The zero-order valence-electron chi connectivity index (χ0n) is 12.9. The molecule has 2 aromatic rings. The summed E-state index contributed by atoms with van der Waals surface area (Å²) in [5.41, 5.74) is 1.80. The minimum absolute atomic E-state index is 0. The number of hydrogen-bond acceptors (Lipinski definition) is 3. The Morgan fingerprint density at radius 2 is 2.09 bits per heavy atom. The van der Waals surface area contributed by atoms with Gasteiger partial charge in [0.05, 0.1) is 11.4 Å². The van der Waals surface area contributed by atoms with Crippen LogP contribution >= 0.6 is 28.3 Å². The summed E-state index contributed by atoms with van der Waals surface area (Å²) in [6, 6.07) is 9.77. The first-order valence-corrected chi connectivity index (χ1v) is 8.27. The average molecular weight is 400 g/mol. The van der Waals surface area contributed by atoms with Gasteiger partial charge < -0.3 is 10.6 Å². The molecule has 1 aliphatic rings. The summed E-state index contributed by atoms with van der Waals surface area (Å²) in [5, 5.41) is 10.8. The van der Waals surface area contributed by atoms with Crippen molar-refractivity contribution < 1.29 is 4.79 Å². The van der Waals surface area contributed by atoms with Crippen LogP contribution in [0.5, 0.6) is 0 Å². The average Bonchev–Trinajstić information content (AvgIpc) is 2.89. The normalized spacial score (nSPS) is 15.0. The van der Waals surface area contributed by atoms with Crippen molar-refractivity contribution in [2.24, 2.45) is 5.92 Å². The van der Waals surface area contributed by atoms with Gasteiger partial charge in [0.25, 0.3) is 0 Å². The van der Waals surface area contributed by atoms with Crippen molar-refractivity contribution >= 4 is 40.1 Å². The Morgan fingerprint density at radius 3 is 2.78 bits per heavy atom. The SMILES string of the molecule is Cc1cc(NC(=O)C2CCNCC2)n(-c2cccc(Br)c2)n1.Cl. The van der Waals surface area contributed by atoms with Gasteiger partial charge in [-0.3, -0.25) is 4.79 Å². The topological polar surface area (TPSA) is 59.0 Å². The Labute approximate surface area is 150 Å². The highest BCUT2D eigenvalue weighted by molar-refractivity contribution is 9.10. The van der Waals surface area contributed by atoms with Gasteiger partial charge in [0.2, 0.25) is 5.91 Å². The number of carbonyl (C=O) groups excluding carboxylic acids is 1. The van der Waals surface area contributed by atoms with Crippen molar-refractivity contribution in [2.45, 2.75) is 19.8 Å². The lowest BCUT2D eigenvalue weighted by molar-refractivity contribution is -0.120. The first kappa shape index (κ1) is 18.0. The molecule has 0 radical (unpaired) electrons. The van der Waals surface area contributed by atoms with E-state index in [1.807, 2.05) is 37.3 Å². The molecule has 1 aliphatic heterocycles. The molecule has 124 valence electrons. The Hall–Kier alpha value is -1.37. The van der Waals surface area contributed by atoms with E-state index in [4.69, 9.17) is 0 Å². The third kappa shape index (κ3) is 4.34. The lowest BCUT2D eigenvalue weighted by Crippen LogP contribution is -2.35. The van der Waals surface area contributed by atoms with Crippen molar-refractivity contribution in [1.82, 2.24) is 15.1 Å². The fraction of sp³-hybridized carbons (Fsp3) is 0.375. The van der Waals surface area contributed by atoms with E-state index in [1.54, 1.807) is 4.68 Å². The van der Waals surface area contributed by atoms with Crippen molar-refractivity contribution in [3.8, 4) is 5.69 Å². The van der Waals surface area contributed by atoms with Crippen LogP contribution < -0.4 is 10.6 Å². The molecule has 1 saturated heterocycles. The van der Waals surface area contributed by atoms with Crippen LogP contribution in [0.2, 0.25) is 0 Å². The summed E-state index contributed by atoms with van der Waals surface area (Å²) in [6.07, 6.45) is 1.77. The fourth-order valence-corrected chi connectivity index (χ4v) is 3.09. The highest BCUT2D eigenvalue weighted by Gasteiger charge is 2.22. The molecule has 7 heteroatoms. The summed E-state index contributed by atoms with van der Waals surface area (Å²) in [7, 11) is 0. The molecule has 2 heterocycles. The van der Waals surface area contributed by atoms with Crippen molar-refractivity contribution in [1.29, 1.82) is 0 Å². The zero-order chi connectivity index (χ0) is 15.5. The molecule has 1 aromatic heterocycles. The molecule has 0 aliphatic carbocycles. The Kier molecular flexibility index (Phi) is 6.21. The van der Waals surface area contributed by atoms with E-state index in [1.165, 1.54) is 0 Å². The molecule has 1 fully saturated rings. The third-order valence-corrected chi connectivity index (χ3v) is 4.34. The molecule has 0 saturated carbocycles. The highest BCUT2D eigenvalue weighted by Crippen LogP contribution is 2.22. The van der Waals surface area contributed by atoms with E-state index < -0.39 is 0 Å². The van der Waals surface area contributed by atoms with Gasteiger partial charge in [0, 0.05) is 16.5 Å². The standard InChI is InChI=1S/C16H19BrN4O.ClH/c1-11-9-15(19-16(22)12-5-7-18-8-6-12)21(20-11)14-4-2-3-13(17)10-14;/h2-4,9-10,12,18H,5-8H2,1H3,(H,19,22);1H. The Balaban J connectivity index is 0.00000192. The van der Waals surface area contributed by atoms with Gasteiger partial charge in [-0.2, -0.15) is 5.10 Å². The van der Waals surface area contributed by atoms with Gasteiger partial charge in [-0.1, -0.05) is 22.0 Å². The van der Waals surface area contributed by atoms with Crippen LogP contribution in [-0.4, -0.2) is 28.8 Å². The van der Waals surface area contributed by atoms with Crippen molar-refractivity contribution in [2.75, 3.05) is 18.4 Å². The van der Waals surface area contributed by atoms with Crippen LogP contribution in [-0.2, 0) is 4.79 Å². The van der Waals surface area contributed by atoms with Crippen LogP contribution in [0.3, 0.4) is 0 Å². The maximum Gasteiger partial charge on any atom is 0.228 e. The molecule has 5 nitrogen and oxygen atoms in total. The first-order chi connectivity index (χ1) is 10.6. The van der Waals surface area contributed by atoms with Crippen LogP contribution in [0.15, 0.2) is 34.8 Å². The number of nitrogens with one attached hydrogen (secondary N) is 2. The molecule has 23 heavy (non-hydrogen) atoms. The number of piperidine rings is 1. The number of carbonyl (C=O) groups is 1. The number of hydrogen-bond donors (Lipinski definition) is 2. The van der Waals surface area contributed by atoms with Gasteiger partial charge in [-0.25, -0.2) is 4.68 Å². The van der Waals surface area contributed by atoms with Crippen LogP contribution in [0.25, 0.3) is 5.69 Å². The number of benzene rings is 1. The minimum Gasteiger partial charge on any atom is -0.317 e. The second-order valence-corrected chi connectivity index (χ2v) is 6.49. The quantitative estimate of drug-likeness (QED) is 0.832. The van der Waals surface area contributed by atoms with Gasteiger partial charge >= 0.3 is 0 Å². The molecule has 2 N–H and O–H groups in total. The second-order valence-electron chi connectivity index (χ2n) is 5.58. The largest absolute Gasteiger partial charge is 0.317 e. The lowest BCUT2D eigenvalue weighted by atomic mass is 9.97. The van der Waals surface area contributed by atoms with Gasteiger partial charge in [0.1, 0.15) is 5.82 Å². The van der Waals surface area contributed by atoms with Crippen LogP contribution in [0.1, 0.15) is 18.5 Å². The zero-order valence-corrected chi connectivity index (χ0v) is 15.3. The maximum atomic E-state index is 12.4. The Bertz CT molecular complexity index is 682. The lowest BCUT2D eigenvalue weighted by Gasteiger charge is -2.21. The molecule has 0 bridgehead atoms. The van der Waals surface area contributed by atoms with E-state index >= 15 is 0 Å². The van der Waals surface area contributed by atoms with Crippen molar-refractivity contribution in [3.05, 3.63) is 40.5 Å².